The van der Waals surface area contributed by atoms with E-state index in [1.54, 1.807) is 31.4 Å². The highest BCUT2D eigenvalue weighted by Crippen LogP contribution is 2.37. The Bertz CT molecular complexity index is 641. The van der Waals surface area contributed by atoms with E-state index in [1.807, 2.05) is 0 Å². The normalized spacial score (nSPS) is 18.1. The fourth-order valence-corrected chi connectivity index (χ4v) is 2.37. The zero-order valence-corrected chi connectivity index (χ0v) is 11.6. The first-order valence-corrected chi connectivity index (χ1v) is 6.21. The van der Waals surface area contributed by atoms with Gasteiger partial charge in [0, 0.05) is 0 Å². The maximum absolute atomic E-state index is 9.30. The van der Waals surface area contributed by atoms with Crippen molar-refractivity contribution in [2.75, 3.05) is 7.11 Å². The molecular weight excluding hydrogens is 272 g/mol. The minimum Gasteiger partial charge on any atom is -0.497 e. The second-order valence-electron chi connectivity index (χ2n) is 4.14. The molecule has 1 atom stereocenters. The van der Waals surface area contributed by atoms with Crippen molar-refractivity contribution in [3.05, 3.63) is 51.8 Å². The van der Waals surface area contributed by atoms with Gasteiger partial charge >= 0.3 is 0 Å². The Morgan fingerprint density at radius 2 is 1.80 bits per heavy atom. The van der Waals surface area contributed by atoms with E-state index in [0.717, 1.165) is 5.56 Å². The van der Waals surface area contributed by atoms with Crippen molar-refractivity contribution in [2.24, 2.45) is 5.73 Å². The summed E-state index contributed by atoms with van der Waals surface area (Å²) in [7, 11) is 1.57. The van der Waals surface area contributed by atoms with E-state index in [1.165, 1.54) is 0 Å². The number of allylic oxidation sites excluding steroid dienone is 2. The summed E-state index contributed by atoms with van der Waals surface area (Å²) in [6.07, 6.45) is 0. The van der Waals surface area contributed by atoms with E-state index < -0.39 is 5.92 Å². The lowest BCUT2D eigenvalue weighted by molar-refractivity contribution is 0.414. The van der Waals surface area contributed by atoms with Crippen molar-refractivity contribution < 1.29 is 4.74 Å². The van der Waals surface area contributed by atoms with Crippen molar-refractivity contribution in [2.45, 2.75) is 5.92 Å². The molecule has 1 aliphatic heterocycles. The Kier molecular flexibility index (Phi) is 3.88. The first-order chi connectivity index (χ1) is 9.62. The number of nitriles is 2. The maximum Gasteiger partial charge on any atom is 0.118 e. The van der Waals surface area contributed by atoms with E-state index in [2.05, 4.69) is 30.1 Å². The predicted octanol–water partition coefficient (Wildman–Crippen LogP) is 1.74. The van der Waals surface area contributed by atoms with E-state index in [9.17, 15) is 10.5 Å². The first kappa shape index (κ1) is 13.9. The van der Waals surface area contributed by atoms with E-state index in [-0.39, 0.29) is 5.82 Å². The lowest BCUT2D eigenvalue weighted by Gasteiger charge is -2.25. The fraction of sp³-hybridized carbons (Fsp3) is 0.143. The van der Waals surface area contributed by atoms with Crippen LogP contribution >= 0.6 is 12.6 Å². The van der Waals surface area contributed by atoms with Gasteiger partial charge in [-0.3, -0.25) is 0 Å². The summed E-state index contributed by atoms with van der Waals surface area (Å²) in [6.45, 7) is 0. The molecule has 0 bridgehead atoms. The molecule has 0 fully saturated rings. The topological polar surface area (TPSA) is 94.9 Å². The minimum atomic E-state index is -0.510. The van der Waals surface area contributed by atoms with Crippen molar-refractivity contribution >= 4 is 12.6 Å². The third kappa shape index (κ3) is 2.29. The Labute approximate surface area is 122 Å². The SMILES string of the molecule is COc1ccc(C2C(C#N)=C(N)NC(S)=C2C#N)cc1. The van der Waals surface area contributed by atoms with Crippen LogP contribution in [0.15, 0.2) is 46.3 Å². The second kappa shape index (κ2) is 5.60. The summed E-state index contributed by atoms with van der Waals surface area (Å²) >= 11 is 4.22. The van der Waals surface area contributed by atoms with Crippen LogP contribution in [0.5, 0.6) is 5.75 Å². The molecule has 1 unspecified atom stereocenters. The number of nitrogens with two attached hydrogens (primary N) is 1. The molecule has 0 radical (unpaired) electrons. The molecule has 1 aromatic rings. The molecule has 0 saturated carbocycles. The van der Waals surface area contributed by atoms with Gasteiger partial charge in [0.25, 0.3) is 0 Å². The fourth-order valence-electron chi connectivity index (χ4n) is 2.07. The van der Waals surface area contributed by atoms with Gasteiger partial charge in [-0.15, -0.1) is 12.6 Å². The zero-order valence-electron chi connectivity index (χ0n) is 10.7. The van der Waals surface area contributed by atoms with E-state index >= 15 is 0 Å². The molecule has 1 aromatic carbocycles. The molecule has 0 amide bonds. The van der Waals surface area contributed by atoms with Crippen LogP contribution in [0.1, 0.15) is 11.5 Å². The summed E-state index contributed by atoms with van der Waals surface area (Å²) in [4.78, 5) is 0. The summed E-state index contributed by atoms with van der Waals surface area (Å²) < 4.78 is 5.10. The van der Waals surface area contributed by atoms with Gasteiger partial charge in [0.05, 0.1) is 41.3 Å². The zero-order chi connectivity index (χ0) is 14.7. The Balaban J connectivity index is 2.56. The van der Waals surface area contributed by atoms with Crippen LogP contribution in [-0.4, -0.2) is 7.11 Å². The number of dihydropyridines is 1. The molecule has 5 nitrogen and oxygen atoms in total. The molecule has 0 spiro atoms. The summed E-state index contributed by atoms with van der Waals surface area (Å²) in [6, 6.07) is 11.3. The Morgan fingerprint density at radius 3 is 2.30 bits per heavy atom. The average Bonchev–Trinajstić information content (AvgIpc) is 2.46. The molecule has 1 aliphatic rings. The Morgan fingerprint density at radius 1 is 1.20 bits per heavy atom. The van der Waals surface area contributed by atoms with Crippen molar-refractivity contribution in [3.63, 3.8) is 0 Å². The van der Waals surface area contributed by atoms with Gasteiger partial charge in [-0.25, -0.2) is 0 Å². The highest BCUT2D eigenvalue weighted by atomic mass is 32.1. The summed E-state index contributed by atoms with van der Waals surface area (Å²) in [5.74, 6) is 0.411. The van der Waals surface area contributed by atoms with Crippen LogP contribution in [-0.2, 0) is 0 Å². The minimum absolute atomic E-state index is 0.220. The molecule has 6 heteroatoms. The van der Waals surface area contributed by atoms with Gasteiger partial charge in [0.2, 0.25) is 0 Å². The number of nitrogens with one attached hydrogen (secondary N) is 1. The number of benzene rings is 1. The van der Waals surface area contributed by atoms with Crippen LogP contribution in [0.4, 0.5) is 0 Å². The van der Waals surface area contributed by atoms with Crippen LogP contribution < -0.4 is 15.8 Å². The van der Waals surface area contributed by atoms with Gasteiger partial charge in [-0.2, -0.15) is 10.5 Å². The maximum atomic E-state index is 9.30. The highest BCUT2D eigenvalue weighted by Gasteiger charge is 2.30. The van der Waals surface area contributed by atoms with Crippen LogP contribution in [0, 0.1) is 22.7 Å². The van der Waals surface area contributed by atoms with Gasteiger partial charge < -0.3 is 15.8 Å². The van der Waals surface area contributed by atoms with Crippen molar-refractivity contribution in [3.8, 4) is 17.9 Å². The number of ether oxygens (including phenoxy) is 1. The van der Waals surface area contributed by atoms with E-state index in [0.29, 0.717) is 21.9 Å². The molecule has 0 aliphatic carbocycles. The van der Waals surface area contributed by atoms with Gasteiger partial charge in [0.1, 0.15) is 11.6 Å². The third-order valence-corrected chi connectivity index (χ3v) is 3.42. The van der Waals surface area contributed by atoms with E-state index in [4.69, 9.17) is 10.5 Å². The monoisotopic (exact) mass is 284 g/mol. The number of methoxy groups -OCH3 is 1. The van der Waals surface area contributed by atoms with Crippen LogP contribution in [0.2, 0.25) is 0 Å². The standard InChI is InChI=1S/C14H12N4OS/c1-19-9-4-2-8(3-5-9)12-10(6-15)13(17)18-14(20)11(12)7-16/h2-5,12,18,20H,17H2,1H3. The van der Waals surface area contributed by atoms with Gasteiger partial charge in [0.15, 0.2) is 0 Å². The molecule has 100 valence electrons. The molecule has 2 rings (SSSR count). The molecule has 20 heavy (non-hydrogen) atoms. The third-order valence-electron chi connectivity index (χ3n) is 3.07. The number of rotatable bonds is 2. The molecular formula is C14H12N4OS. The quantitative estimate of drug-likeness (QED) is 0.719. The van der Waals surface area contributed by atoms with Crippen molar-refractivity contribution in [1.29, 1.82) is 10.5 Å². The average molecular weight is 284 g/mol. The Hall–Kier alpha value is -2.57. The lowest BCUT2D eigenvalue weighted by Crippen LogP contribution is -2.28. The van der Waals surface area contributed by atoms with Crippen LogP contribution in [0.25, 0.3) is 0 Å². The number of hydrogen-bond donors (Lipinski definition) is 3. The molecule has 3 N–H and O–H groups in total. The number of thiol groups is 1. The van der Waals surface area contributed by atoms with Gasteiger partial charge in [-0.1, -0.05) is 12.1 Å². The molecule has 0 aromatic heterocycles. The second-order valence-corrected chi connectivity index (χ2v) is 4.59. The highest BCUT2D eigenvalue weighted by molar-refractivity contribution is 7.84. The molecule has 1 heterocycles. The lowest BCUT2D eigenvalue weighted by atomic mass is 9.84. The molecule has 0 saturated heterocycles. The predicted molar refractivity (Wildman–Crippen MR) is 77.3 cm³/mol. The van der Waals surface area contributed by atoms with Crippen molar-refractivity contribution in [1.82, 2.24) is 5.32 Å². The summed E-state index contributed by atoms with van der Waals surface area (Å²) in [5, 5.41) is 21.7. The number of hydrogen-bond acceptors (Lipinski definition) is 6. The smallest absolute Gasteiger partial charge is 0.118 e. The summed E-state index contributed by atoms with van der Waals surface area (Å²) in [5.41, 5.74) is 7.27. The number of nitrogens with zero attached hydrogens (tertiary/aromatic N) is 2. The van der Waals surface area contributed by atoms with Gasteiger partial charge in [-0.05, 0) is 17.7 Å². The van der Waals surface area contributed by atoms with Crippen LogP contribution in [0.3, 0.4) is 0 Å². The largest absolute Gasteiger partial charge is 0.497 e. The first-order valence-electron chi connectivity index (χ1n) is 5.76.